The first-order valence-electron chi connectivity index (χ1n) is 8.31. The molecule has 2 N–H and O–H groups in total. The highest BCUT2D eigenvalue weighted by Crippen LogP contribution is 2.22. The average molecular weight is 337 g/mol. The van der Waals surface area contributed by atoms with Crippen molar-refractivity contribution in [3.63, 3.8) is 0 Å². The Labute approximate surface area is 143 Å². The summed E-state index contributed by atoms with van der Waals surface area (Å²) in [5.74, 6) is -0.502. The van der Waals surface area contributed by atoms with Gasteiger partial charge in [-0.2, -0.15) is 0 Å². The van der Waals surface area contributed by atoms with Gasteiger partial charge in [0.25, 0.3) is 0 Å². The van der Waals surface area contributed by atoms with Gasteiger partial charge in [-0.3, -0.25) is 9.69 Å². The van der Waals surface area contributed by atoms with Crippen LogP contribution in [0.3, 0.4) is 0 Å². The van der Waals surface area contributed by atoms with Crippen LogP contribution in [0.15, 0.2) is 18.2 Å². The number of nitrogens with one attached hydrogen (secondary N) is 1. The molecule has 1 aromatic rings. The van der Waals surface area contributed by atoms with Gasteiger partial charge in [-0.25, -0.2) is 9.78 Å². The van der Waals surface area contributed by atoms with Crippen molar-refractivity contribution >= 4 is 17.8 Å². The summed E-state index contributed by atoms with van der Waals surface area (Å²) in [6, 6.07) is 4.92. The van der Waals surface area contributed by atoms with Gasteiger partial charge in [-0.1, -0.05) is 25.8 Å². The fourth-order valence-electron chi connectivity index (χ4n) is 2.21. The van der Waals surface area contributed by atoms with E-state index in [0.29, 0.717) is 24.7 Å². The highest BCUT2D eigenvalue weighted by Gasteiger charge is 2.19. The fourth-order valence-corrected chi connectivity index (χ4v) is 2.21. The molecule has 0 spiro atoms. The minimum absolute atomic E-state index is 0.169. The normalized spacial score (nSPS) is 11.8. The minimum Gasteiger partial charge on any atom is -0.481 e. The second kappa shape index (κ2) is 10.6. The monoisotopic (exact) mass is 337 g/mol. The summed E-state index contributed by atoms with van der Waals surface area (Å²) in [6.45, 7) is 4.92. The molecule has 1 rings (SSSR count). The molecule has 7 nitrogen and oxygen atoms in total. The van der Waals surface area contributed by atoms with Crippen LogP contribution in [0.25, 0.3) is 0 Å². The number of rotatable bonds is 10. The van der Waals surface area contributed by atoms with Crippen molar-refractivity contribution in [1.82, 2.24) is 10.3 Å². The number of anilines is 1. The van der Waals surface area contributed by atoms with Crippen LogP contribution < -0.4 is 10.2 Å². The lowest BCUT2D eigenvalue weighted by Crippen LogP contribution is -2.38. The van der Waals surface area contributed by atoms with Gasteiger partial charge in [0.1, 0.15) is 11.9 Å². The number of carbonyl (C=O) groups is 2. The van der Waals surface area contributed by atoms with Crippen LogP contribution >= 0.6 is 0 Å². The van der Waals surface area contributed by atoms with Gasteiger partial charge in [0.05, 0.1) is 12.1 Å². The Bertz CT molecular complexity index is 536. The van der Waals surface area contributed by atoms with Gasteiger partial charge in [0.15, 0.2) is 0 Å². The molecule has 0 aliphatic carbocycles. The van der Waals surface area contributed by atoms with Crippen molar-refractivity contribution in [1.29, 1.82) is 0 Å². The van der Waals surface area contributed by atoms with E-state index in [1.54, 1.807) is 32.2 Å². The van der Waals surface area contributed by atoms with Gasteiger partial charge in [0.2, 0.25) is 0 Å². The third-order valence-electron chi connectivity index (χ3n) is 3.52. The van der Waals surface area contributed by atoms with Crippen LogP contribution in [0.5, 0.6) is 0 Å². The first kappa shape index (κ1) is 19.9. The lowest BCUT2D eigenvalue weighted by Gasteiger charge is -2.20. The molecule has 0 saturated carbocycles. The number of nitrogens with zero attached hydrogens (tertiary/aromatic N) is 2. The average Bonchev–Trinajstić information content (AvgIpc) is 2.57. The van der Waals surface area contributed by atoms with E-state index in [2.05, 4.69) is 17.2 Å². The molecule has 24 heavy (non-hydrogen) atoms. The van der Waals surface area contributed by atoms with E-state index in [-0.39, 0.29) is 12.5 Å². The van der Waals surface area contributed by atoms with E-state index >= 15 is 0 Å². The van der Waals surface area contributed by atoms with Crippen LogP contribution in [-0.4, -0.2) is 42.3 Å². The van der Waals surface area contributed by atoms with Crippen molar-refractivity contribution in [2.45, 2.75) is 45.6 Å². The zero-order chi connectivity index (χ0) is 17.9. The van der Waals surface area contributed by atoms with Crippen molar-refractivity contribution in [3.8, 4) is 0 Å². The predicted octanol–water partition coefficient (Wildman–Crippen LogP) is 2.97. The fraction of sp³-hybridized carbons (Fsp3) is 0.588. The summed E-state index contributed by atoms with van der Waals surface area (Å²) in [7, 11) is 1.63. The van der Waals surface area contributed by atoms with Crippen LogP contribution in [0.2, 0.25) is 0 Å². The molecule has 7 heteroatoms. The number of carbonyl (C=O) groups excluding carboxylic acids is 1. The second-order valence-corrected chi connectivity index (χ2v) is 5.46. The van der Waals surface area contributed by atoms with Gasteiger partial charge >= 0.3 is 12.0 Å². The number of hydrogen-bond acceptors (Lipinski definition) is 4. The molecule has 2 amide bonds. The lowest BCUT2D eigenvalue weighted by molar-refractivity contribution is -0.140. The Kier molecular flexibility index (Phi) is 8.78. The Balaban J connectivity index is 2.78. The second-order valence-electron chi connectivity index (χ2n) is 5.46. The SMILES string of the molecule is CCCCCNC(=O)N(C)c1cccc([C@H](CC(=O)O)OCC)n1. The number of hydrogen-bond donors (Lipinski definition) is 2. The summed E-state index contributed by atoms with van der Waals surface area (Å²) >= 11 is 0. The first-order chi connectivity index (χ1) is 11.5. The number of aromatic nitrogens is 1. The predicted molar refractivity (Wildman–Crippen MR) is 92.2 cm³/mol. The molecule has 0 unspecified atom stereocenters. The third-order valence-corrected chi connectivity index (χ3v) is 3.52. The number of urea groups is 1. The van der Waals surface area contributed by atoms with E-state index in [1.807, 2.05) is 0 Å². The summed E-state index contributed by atoms with van der Waals surface area (Å²) in [4.78, 5) is 28.9. The summed E-state index contributed by atoms with van der Waals surface area (Å²) < 4.78 is 5.46. The Morgan fingerprint density at radius 1 is 1.33 bits per heavy atom. The topological polar surface area (TPSA) is 91.8 Å². The number of amides is 2. The van der Waals surface area contributed by atoms with Gasteiger partial charge in [-0.05, 0) is 25.5 Å². The van der Waals surface area contributed by atoms with E-state index in [4.69, 9.17) is 9.84 Å². The highest BCUT2D eigenvalue weighted by molar-refractivity contribution is 5.90. The molecule has 0 aromatic carbocycles. The summed E-state index contributed by atoms with van der Waals surface area (Å²) in [5.41, 5.74) is 0.502. The van der Waals surface area contributed by atoms with Gasteiger partial charge < -0.3 is 15.2 Å². The van der Waals surface area contributed by atoms with Crippen molar-refractivity contribution in [2.75, 3.05) is 25.1 Å². The van der Waals surface area contributed by atoms with Gasteiger partial charge in [0, 0.05) is 20.2 Å². The number of carboxylic acids is 1. The smallest absolute Gasteiger partial charge is 0.322 e. The molecule has 0 radical (unpaired) electrons. The van der Waals surface area contributed by atoms with Crippen LogP contribution in [-0.2, 0) is 9.53 Å². The standard InChI is InChI=1S/C17H27N3O4/c1-4-6-7-11-18-17(23)20(3)15-10-8-9-13(19-15)14(24-5-2)12-16(21)22/h8-10,14H,4-7,11-12H2,1-3H3,(H,18,23)(H,21,22)/t14-/m0/s1. The largest absolute Gasteiger partial charge is 0.481 e. The van der Waals surface area contributed by atoms with Crippen LogP contribution in [0.4, 0.5) is 10.6 Å². The first-order valence-corrected chi connectivity index (χ1v) is 8.31. The molecule has 0 aliphatic heterocycles. The summed E-state index contributed by atoms with van der Waals surface area (Å²) in [5, 5.41) is 11.8. The molecular weight excluding hydrogens is 310 g/mol. The Morgan fingerprint density at radius 2 is 2.08 bits per heavy atom. The maximum absolute atomic E-state index is 12.1. The Hall–Kier alpha value is -2.15. The number of carboxylic acid groups (broad SMARTS) is 1. The van der Waals surface area contributed by atoms with Crippen LogP contribution in [0, 0.1) is 0 Å². The van der Waals surface area contributed by atoms with Crippen LogP contribution in [0.1, 0.15) is 51.3 Å². The number of ether oxygens (including phenoxy) is 1. The Morgan fingerprint density at radius 3 is 2.71 bits per heavy atom. The van der Waals surface area contributed by atoms with Gasteiger partial charge in [-0.15, -0.1) is 0 Å². The zero-order valence-electron chi connectivity index (χ0n) is 14.6. The van der Waals surface area contributed by atoms with Crippen molar-refractivity contribution < 1.29 is 19.4 Å². The molecular formula is C17H27N3O4. The summed E-state index contributed by atoms with van der Waals surface area (Å²) in [6.07, 6.45) is 2.31. The number of unbranched alkanes of at least 4 members (excludes halogenated alkanes) is 2. The molecule has 0 fully saturated rings. The quantitative estimate of drug-likeness (QED) is 0.640. The van der Waals surface area contributed by atoms with Crippen molar-refractivity contribution in [3.05, 3.63) is 23.9 Å². The maximum atomic E-state index is 12.1. The highest BCUT2D eigenvalue weighted by atomic mass is 16.5. The molecule has 0 bridgehead atoms. The number of pyridine rings is 1. The maximum Gasteiger partial charge on any atom is 0.322 e. The third kappa shape index (κ3) is 6.54. The molecule has 1 atom stereocenters. The number of aliphatic carboxylic acids is 1. The van der Waals surface area contributed by atoms with E-state index in [9.17, 15) is 9.59 Å². The molecule has 1 aromatic heterocycles. The molecule has 0 aliphatic rings. The van der Waals surface area contributed by atoms with E-state index in [0.717, 1.165) is 19.3 Å². The molecule has 1 heterocycles. The minimum atomic E-state index is -0.956. The zero-order valence-corrected chi connectivity index (χ0v) is 14.6. The lowest BCUT2D eigenvalue weighted by atomic mass is 10.1. The van der Waals surface area contributed by atoms with Crippen molar-refractivity contribution in [2.24, 2.45) is 0 Å². The molecule has 0 saturated heterocycles. The van der Waals surface area contributed by atoms with E-state index in [1.165, 1.54) is 4.90 Å². The molecule has 134 valence electrons. The van der Waals surface area contributed by atoms with E-state index < -0.39 is 12.1 Å².